The van der Waals surface area contributed by atoms with Crippen LogP contribution in [0, 0.1) is 0 Å². The summed E-state index contributed by atoms with van der Waals surface area (Å²) in [5.41, 5.74) is 6.71. The smallest absolute Gasteiger partial charge is 0.170 e. The van der Waals surface area contributed by atoms with E-state index in [-0.39, 0.29) is 0 Å². The molecule has 4 heteroatoms. The standard InChI is InChI=1S/C7H5ClN2O/c8-6-1-4(9)2-7-5(6)3-10-11-7/h1-3H,9H2. The van der Waals surface area contributed by atoms with Gasteiger partial charge in [-0.25, -0.2) is 0 Å². The van der Waals surface area contributed by atoms with Crippen LogP contribution in [0.2, 0.25) is 5.02 Å². The first-order chi connectivity index (χ1) is 5.27. The van der Waals surface area contributed by atoms with Gasteiger partial charge in [-0.1, -0.05) is 16.8 Å². The minimum Gasteiger partial charge on any atom is -0.399 e. The van der Waals surface area contributed by atoms with Crippen LogP contribution in [-0.2, 0) is 0 Å². The molecule has 1 aromatic heterocycles. The molecule has 2 aromatic rings. The fourth-order valence-electron chi connectivity index (χ4n) is 0.949. The van der Waals surface area contributed by atoms with E-state index >= 15 is 0 Å². The zero-order valence-corrected chi connectivity index (χ0v) is 6.30. The summed E-state index contributed by atoms with van der Waals surface area (Å²) in [4.78, 5) is 0. The molecule has 2 rings (SSSR count). The number of halogens is 1. The number of benzene rings is 1. The Labute approximate surface area is 67.7 Å². The average Bonchev–Trinajstić information content (AvgIpc) is 2.34. The van der Waals surface area contributed by atoms with Crippen LogP contribution in [0.1, 0.15) is 0 Å². The van der Waals surface area contributed by atoms with Gasteiger partial charge in [-0.3, -0.25) is 0 Å². The number of hydrogen-bond donors (Lipinski definition) is 1. The maximum Gasteiger partial charge on any atom is 0.170 e. The van der Waals surface area contributed by atoms with Gasteiger partial charge >= 0.3 is 0 Å². The van der Waals surface area contributed by atoms with Gasteiger partial charge in [-0.15, -0.1) is 0 Å². The van der Waals surface area contributed by atoms with Crippen molar-refractivity contribution in [3.8, 4) is 0 Å². The van der Waals surface area contributed by atoms with E-state index in [1.54, 1.807) is 18.3 Å². The Bertz CT molecular complexity index is 396. The molecule has 0 atom stereocenters. The molecule has 1 aromatic carbocycles. The average molecular weight is 169 g/mol. The second kappa shape index (κ2) is 2.13. The zero-order valence-electron chi connectivity index (χ0n) is 5.54. The molecule has 2 N–H and O–H groups in total. The highest BCUT2D eigenvalue weighted by molar-refractivity contribution is 6.35. The third-order valence-electron chi connectivity index (χ3n) is 1.45. The molecule has 0 bridgehead atoms. The van der Waals surface area contributed by atoms with E-state index in [1.807, 2.05) is 0 Å². The summed E-state index contributed by atoms with van der Waals surface area (Å²) >= 11 is 5.82. The van der Waals surface area contributed by atoms with E-state index in [9.17, 15) is 0 Å². The van der Waals surface area contributed by atoms with Gasteiger partial charge in [0.25, 0.3) is 0 Å². The van der Waals surface area contributed by atoms with Crippen molar-refractivity contribution in [3.05, 3.63) is 23.4 Å². The molecular weight excluding hydrogens is 164 g/mol. The third-order valence-corrected chi connectivity index (χ3v) is 1.76. The first-order valence-corrected chi connectivity index (χ1v) is 3.44. The van der Waals surface area contributed by atoms with Gasteiger partial charge in [0.15, 0.2) is 5.58 Å². The van der Waals surface area contributed by atoms with E-state index in [0.29, 0.717) is 16.3 Å². The molecule has 0 amide bonds. The molecular formula is C7H5ClN2O. The first kappa shape index (κ1) is 6.49. The SMILES string of the molecule is Nc1cc(Cl)c2cnoc2c1. The molecule has 3 nitrogen and oxygen atoms in total. The Hall–Kier alpha value is -1.22. The largest absolute Gasteiger partial charge is 0.399 e. The Morgan fingerprint density at radius 2 is 2.27 bits per heavy atom. The van der Waals surface area contributed by atoms with Gasteiger partial charge in [-0.05, 0) is 6.07 Å². The lowest BCUT2D eigenvalue weighted by Crippen LogP contribution is -1.82. The van der Waals surface area contributed by atoms with Crippen LogP contribution < -0.4 is 5.73 Å². The summed E-state index contributed by atoms with van der Waals surface area (Å²) in [6, 6.07) is 3.36. The molecule has 56 valence electrons. The van der Waals surface area contributed by atoms with Crippen molar-refractivity contribution in [2.24, 2.45) is 0 Å². The number of nitrogens with zero attached hydrogens (tertiary/aromatic N) is 1. The highest BCUT2D eigenvalue weighted by Crippen LogP contribution is 2.25. The topological polar surface area (TPSA) is 52.0 Å². The Morgan fingerprint density at radius 1 is 1.45 bits per heavy atom. The minimum absolute atomic E-state index is 0.571. The lowest BCUT2D eigenvalue weighted by atomic mass is 10.2. The predicted molar refractivity (Wildman–Crippen MR) is 43.4 cm³/mol. The number of rotatable bonds is 0. The summed E-state index contributed by atoms with van der Waals surface area (Å²) in [5.74, 6) is 0. The summed E-state index contributed by atoms with van der Waals surface area (Å²) in [7, 11) is 0. The van der Waals surface area contributed by atoms with Crippen molar-refractivity contribution in [2.45, 2.75) is 0 Å². The summed E-state index contributed by atoms with van der Waals surface area (Å²) in [6.07, 6.45) is 1.57. The second-order valence-corrected chi connectivity index (χ2v) is 2.65. The number of anilines is 1. The van der Waals surface area contributed by atoms with Crippen LogP contribution in [0.3, 0.4) is 0 Å². The number of hydrogen-bond acceptors (Lipinski definition) is 3. The van der Waals surface area contributed by atoms with Crippen LogP contribution in [0.5, 0.6) is 0 Å². The normalized spacial score (nSPS) is 10.6. The van der Waals surface area contributed by atoms with E-state index in [0.717, 1.165) is 5.39 Å². The van der Waals surface area contributed by atoms with Crippen LogP contribution in [0.25, 0.3) is 11.0 Å². The molecule has 0 aliphatic carbocycles. The zero-order chi connectivity index (χ0) is 7.84. The summed E-state index contributed by atoms with van der Waals surface area (Å²) < 4.78 is 4.87. The van der Waals surface area contributed by atoms with Crippen molar-refractivity contribution >= 4 is 28.3 Å². The Morgan fingerprint density at radius 3 is 3.09 bits per heavy atom. The van der Waals surface area contributed by atoms with Crippen LogP contribution in [0.15, 0.2) is 22.9 Å². The molecule has 0 unspecified atom stereocenters. The summed E-state index contributed by atoms with van der Waals surface area (Å²) in [6.45, 7) is 0. The quantitative estimate of drug-likeness (QED) is 0.613. The number of nitrogen functional groups attached to an aromatic ring is 1. The molecule has 1 heterocycles. The van der Waals surface area contributed by atoms with E-state index in [2.05, 4.69) is 5.16 Å². The van der Waals surface area contributed by atoms with E-state index in [1.165, 1.54) is 0 Å². The minimum atomic E-state index is 0.571. The van der Waals surface area contributed by atoms with Crippen molar-refractivity contribution < 1.29 is 4.52 Å². The molecule has 0 aliphatic heterocycles. The van der Waals surface area contributed by atoms with Gasteiger partial charge in [0.05, 0.1) is 16.6 Å². The molecule has 0 saturated carbocycles. The molecule has 0 fully saturated rings. The molecule has 0 aliphatic rings. The van der Waals surface area contributed by atoms with E-state index in [4.69, 9.17) is 21.9 Å². The molecule has 11 heavy (non-hydrogen) atoms. The highest BCUT2D eigenvalue weighted by atomic mass is 35.5. The monoisotopic (exact) mass is 168 g/mol. The fourth-order valence-corrected chi connectivity index (χ4v) is 1.22. The first-order valence-electron chi connectivity index (χ1n) is 3.07. The maximum atomic E-state index is 5.82. The molecule has 0 radical (unpaired) electrons. The van der Waals surface area contributed by atoms with Crippen LogP contribution in [-0.4, -0.2) is 5.16 Å². The second-order valence-electron chi connectivity index (χ2n) is 2.24. The van der Waals surface area contributed by atoms with Gasteiger partial charge in [0.1, 0.15) is 0 Å². The maximum absolute atomic E-state index is 5.82. The van der Waals surface area contributed by atoms with Gasteiger partial charge in [0, 0.05) is 11.8 Å². The number of fused-ring (bicyclic) bond motifs is 1. The summed E-state index contributed by atoms with van der Waals surface area (Å²) in [5, 5.41) is 4.95. The third kappa shape index (κ3) is 0.935. The van der Waals surface area contributed by atoms with Crippen molar-refractivity contribution in [1.29, 1.82) is 0 Å². The van der Waals surface area contributed by atoms with Gasteiger partial charge < -0.3 is 10.3 Å². The van der Waals surface area contributed by atoms with Gasteiger partial charge in [0.2, 0.25) is 0 Å². The van der Waals surface area contributed by atoms with Gasteiger partial charge in [-0.2, -0.15) is 0 Å². The van der Waals surface area contributed by atoms with E-state index < -0.39 is 0 Å². The Kier molecular flexibility index (Phi) is 1.26. The highest BCUT2D eigenvalue weighted by Gasteiger charge is 2.03. The lowest BCUT2D eigenvalue weighted by molar-refractivity contribution is 0.456. The van der Waals surface area contributed by atoms with Crippen molar-refractivity contribution in [1.82, 2.24) is 5.16 Å². The number of nitrogens with two attached hydrogens (primary N) is 1. The Balaban J connectivity index is 2.91. The molecule has 0 saturated heterocycles. The van der Waals surface area contributed by atoms with Crippen LogP contribution in [0.4, 0.5) is 5.69 Å². The fraction of sp³-hybridized carbons (Fsp3) is 0. The number of aromatic nitrogens is 1. The predicted octanol–water partition coefficient (Wildman–Crippen LogP) is 2.06. The van der Waals surface area contributed by atoms with Crippen molar-refractivity contribution in [3.63, 3.8) is 0 Å². The van der Waals surface area contributed by atoms with Crippen LogP contribution >= 0.6 is 11.6 Å². The van der Waals surface area contributed by atoms with Crippen molar-refractivity contribution in [2.75, 3.05) is 5.73 Å². The lowest BCUT2D eigenvalue weighted by Gasteiger charge is -1.93. The molecule has 0 spiro atoms.